The summed E-state index contributed by atoms with van der Waals surface area (Å²) in [6.45, 7) is 2.47. The van der Waals surface area contributed by atoms with E-state index in [9.17, 15) is 0 Å². The molecule has 3 aliphatic carbocycles. The van der Waals surface area contributed by atoms with E-state index in [4.69, 9.17) is 0 Å². The second-order valence-electron chi connectivity index (χ2n) is 4.39. The molecule has 0 saturated heterocycles. The molecule has 2 atom stereocenters. The van der Waals surface area contributed by atoms with Crippen LogP contribution in [0.5, 0.6) is 0 Å². The van der Waals surface area contributed by atoms with Gasteiger partial charge in [0.25, 0.3) is 0 Å². The van der Waals surface area contributed by atoms with Crippen LogP contribution >= 0.6 is 0 Å². The zero-order valence-electron chi connectivity index (χ0n) is 6.06. The van der Waals surface area contributed by atoms with Gasteiger partial charge < -0.3 is 0 Å². The molecule has 0 aliphatic heterocycles. The number of hydrogen-bond acceptors (Lipinski definition) is 0. The second kappa shape index (κ2) is 1.09. The zero-order chi connectivity index (χ0) is 6.06. The highest BCUT2D eigenvalue weighted by molar-refractivity contribution is 5.19. The molecule has 0 aromatic carbocycles. The lowest BCUT2D eigenvalue weighted by Gasteiger charge is -2.19. The van der Waals surface area contributed by atoms with Crippen molar-refractivity contribution >= 4 is 0 Å². The Bertz CT molecular complexity index is 151. The summed E-state index contributed by atoms with van der Waals surface area (Å²) in [4.78, 5) is 0. The fraction of sp³-hybridized carbons (Fsp3) is 1.00. The van der Waals surface area contributed by atoms with Crippen molar-refractivity contribution in [3.8, 4) is 0 Å². The Labute approximate surface area is 56.6 Å². The van der Waals surface area contributed by atoms with Crippen LogP contribution in [0.2, 0.25) is 0 Å². The van der Waals surface area contributed by atoms with Crippen molar-refractivity contribution in [1.29, 1.82) is 0 Å². The summed E-state index contributed by atoms with van der Waals surface area (Å²) in [5, 5.41) is 0. The maximum atomic E-state index is 2.47. The summed E-state index contributed by atoms with van der Waals surface area (Å²) in [6, 6.07) is 0. The van der Waals surface area contributed by atoms with Gasteiger partial charge in [0.05, 0.1) is 0 Å². The Kier molecular flexibility index (Phi) is 0.574. The van der Waals surface area contributed by atoms with E-state index in [1.165, 1.54) is 11.8 Å². The van der Waals surface area contributed by atoms with Gasteiger partial charge in [-0.15, -0.1) is 0 Å². The van der Waals surface area contributed by atoms with E-state index >= 15 is 0 Å². The average molecular weight is 122 g/mol. The molecule has 0 radical (unpaired) electrons. The molecule has 0 nitrogen and oxygen atoms in total. The molecule has 50 valence electrons. The largest absolute Gasteiger partial charge is 0.0617 e. The molecule has 0 amide bonds. The van der Waals surface area contributed by atoms with E-state index in [2.05, 4.69) is 6.92 Å². The maximum absolute atomic E-state index is 2.47. The standard InChI is InChI=1S/C9H14/c1-6-8-7-2-4-9(6,8)5-3-7/h6-8H,2-5H2,1H3. The van der Waals surface area contributed by atoms with E-state index < -0.39 is 0 Å². The highest BCUT2D eigenvalue weighted by Crippen LogP contribution is 2.78. The van der Waals surface area contributed by atoms with Crippen LogP contribution in [0.4, 0.5) is 0 Å². The topological polar surface area (TPSA) is 0 Å². The minimum absolute atomic E-state index is 0.935. The van der Waals surface area contributed by atoms with Gasteiger partial charge in [0.1, 0.15) is 0 Å². The summed E-state index contributed by atoms with van der Waals surface area (Å²) >= 11 is 0. The Morgan fingerprint density at radius 2 is 1.89 bits per heavy atom. The third kappa shape index (κ3) is 0.320. The summed E-state index contributed by atoms with van der Waals surface area (Å²) in [7, 11) is 0. The van der Waals surface area contributed by atoms with Crippen LogP contribution in [0.25, 0.3) is 0 Å². The molecule has 0 heteroatoms. The zero-order valence-corrected chi connectivity index (χ0v) is 6.06. The van der Waals surface area contributed by atoms with Crippen LogP contribution in [0.3, 0.4) is 0 Å². The van der Waals surface area contributed by atoms with Gasteiger partial charge in [-0.3, -0.25) is 0 Å². The molecule has 3 fully saturated rings. The lowest BCUT2D eigenvalue weighted by Crippen LogP contribution is -2.08. The number of hydrogen-bond donors (Lipinski definition) is 0. The molecule has 3 aliphatic rings. The molecule has 0 heterocycles. The molecule has 9 heavy (non-hydrogen) atoms. The summed E-state index contributed by atoms with van der Waals surface area (Å²) in [5.74, 6) is 3.52. The summed E-state index contributed by atoms with van der Waals surface area (Å²) < 4.78 is 0. The molecular formula is C9H14. The Morgan fingerprint density at radius 3 is 2.11 bits per heavy atom. The molecule has 0 N–H and O–H groups in total. The molecule has 0 aromatic rings. The van der Waals surface area contributed by atoms with Crippen LogP contribution in [0.15, 0.2) is 0 Å². The third-order valence-corrected chi connectivity index (χ3v) is 4.47. The van der Waals surface area contributed by atoms with E-state index in [0.717, 1.165) is 11.3 Å². The highest BCUT2D eigenvalue weighted by atomic mass is 14.7. The molecule has 2 bridgehead atoms. The molecule has 3 saturated carbocycles. The Balaban J connectivity index is 2.04. The minimum atomic E-state index is 0.935. The fourth-order valence-corrected chi connectivity index (χ4v) is 3.94. The van der Waals surface area contributed by atoms with Gasteiger partial charge >= 0.3 is 0 Å². The van der Waals surface area contributed by atoms with Gasteiger partial charge in [-0.2, -0.15) is 0 Å². The molecule has 0 spiro atoms. The van der Waals surface area contributed by atoms with Gasteiger partial charge in [-0.1, -0.05) is 6.92 Å². The summed E-state index contributed by atoms with van der Waals surface area (Å²) in [5.41, 5.74) is 0.935. The predicted molar refractivity (Wildman–Crippen MR) is 37.0 cm³/mol. The van der Waals surface area contributed by atoms with E-state index in [1.54, 1.807) is 25.7 Å². The first-order valence-electron chi connectivity index (χ1n) is 4.34. The Morgan fingerprint density at radius 1 is 1.22 bits per heavy atom. The van der Waals surface area contributed by atoms with Crippen molar-refractivity contribution in [2.45, 2.75) is 32.6 Å². The van der Waals surface area contributed by atoms with Crippen molar-refractivity contribution in [3.63, 3.8) is 0 Å². The number of rotatable bonds is 0. The van der Waals surface area contributed by atoms with Crippen molar-refractivity contribution in [1.82, 2.24) is 0 Å². The first-order valence-corrected chi connectivity index (χ1v) is 4.34. The van der Waals surface area contributed by atoms with Crippen LogP contribution < -0.4 is 0 Å². The smallest absolute Gasteiger partial charge is 0.0235 e. The fourth-order valence-electron chi connectivity index (χ4n) is 3.94. The second-order valence-corrected chi connectivity index (χ2v) is 4.39. The van der Waals surface area contributed by atoms with Gasteiger partial charge in [0, 0.05) is 0 Å². The normalized spacial score (nSPS) is 68.3. The van der Waals surface area contributed by atoms with Crippen molar-refractivity contribution in [2.75, 3.05) is 0 Å². The van der Waals surface area contributed by atoms with Crippen molar-refractivity contribution in [3.05, 3.63) is 0 Å². The van der Waals surface area contributed by atoms with E-state index in [0.29, 0.717) is 0 Å². The average Bonchev–Trinajstić information content (AvgIpc) is 2.34. The molecule has 2 unspecified atom stereocenters. The first-order chi connectivity index (χ1) is 4.34. The first kappa shape index (κ1) is 4.76. The molecule has 3 rings (SSSR count). The van der Waals surface area contributed by atoms with E-state index in [-0.39, 0.29) is 0 Å². The highest BCUT2D eigenvalue weighted by Gasteiger charge is 2.70. The Hall–Kier alpha value is 0. The monoisotopic (exact) mass is 122 g/mol. The summed E-state index contributed by atoms with van der Waals surface area (Å²) in [6.07, 6.45) is 6.33. The van der Waals surface area contributed by atoms with Gasteiger partial charge in [-0.05, 0) is 48.9 Å². The predicted octanol–water partition coefficient (Wildman–Crippen LogP) is 2.44. The third-order valence-electron chi connectivity index (χ3n) is 4.47. The quantitative estimate of drug-likeness (QED) is 0.463. The minimum Gasteiger partial charge on any atom is -0.0617 e. The van der Waals surface area contributed by atoms with Crippen LogP contribution in [-0.4, -0.2) is 0 Å². The van der Waals surface area contributed by atoms with Crippen LogP contribution in [0, 0.1) is 23.2 Å². The maximum Gasteiger partial charge on any atom is -0.0235 e. The van der Waals surface area contributed by atoms with Crippen LogP contribution in [0.1, 0.15) is 32.6 Å². The SMILES string of the molecule is CC1C2C3CCC12CC3. The lowest BCUT2D eigenvalue weighted by molar-refractivity contribution is 0.321. The van der Waals surface area contributed by atoms with Crippen molar-refractivity contribution in [2.24, 2.45) is 23.2 Å². The molecular weight excluding hydrogens is 108 g/mol. The van der Waals surface area contributed by atoms with Gasteiger partial charge in [0.2, 0.25) is 0 Å². The molecule has 0 aromatic heterocycles. The van der Waals surface area contributed by atoms with Gasteiger partial charge in [-0.25, -0.2) is 0 Å². The van der Waals surface area contributed by atoms with Crippen molar-refractivity contribution < 1.29 is 0 Å². The lowest BCUT2D eigenvalue weighted by atomic mass is 9.86. The van der Waals surface area contributed by atoms with E-state index in [1.807, 2.05) is 0 Å². The van der Waals surface area contributed by atoms with Crippen LogP contribution in [-0.2, 0) is 0 Å². The van der Waals surface area contributed by atoms with Gasteiger partial charge in [0.15, 0.2) is 0 Å².